The third-order valence-electron chi connectivity index (χ3n) is 7.30. The van der Waals surface area contributed by atoms with Crippen molar-refractivity contribution >= 4 is 5.69 Å². The molecule has 5 heteroatoms. The molecule has 31 heavy (non-hydrogen) atoms. The zero-order valence-corrected chi connectivity index (χ0v) is 19.6. The molecule has 0 spiro atoms. The Labute approximate surface area is 188 Å². The Kier molecular flexibility index (Phi) is 7.01. The van der Waals surface area contributed by atoms with Crippen LogP contribution in [0, 0.1) is 6.92 Å². The largest absolute Gasteiger partial charge is 0.391 e. The molecule has 3 aliphatic rings. The first-order valence-electron chi connectivity index (χ1n) is 12.0. The van der Waals surface area contributed by atoms with Crippen LogP contribution in [0.15, 0.2) is 43.1 Å². The van der Waals surface area contributed by atoms with Gasteiger partial charge in [0.15, 0.2) is 0 Å². The predicted octanol–water partition coefficient (Wildman–Crippen LogP) is 4.33. The van der Waals surface area contributed by atoms with Gasteiger partial charge in [0.2, 0.25) is 0 Å². The number of hydrogen-bond donors (Lipinski definition) is 1. The first-order chi connectivity index (χ1) is 15.1. The van der Waals surface area contributed by atoms with Crippen LogP contribution in [0.2, 0.25) is 0 Å². The van der Waals surface area contributed by atoms with Gasteiger partial charge in [-0.15, -0.1) is 0 Å². The van der Waals surface area contributed by atoms with Gasteiger partial charge < -0.3 is 14.8 Å². The number of anilines is 1. The Morgan fingerprint density at radius 3 is 2.55 bits per heavy atom. The molecule has 2 unspecified atom stereocenters. The number of fused-ring (bicyclic) bond motifs is 2. The average molecular weight is 422 g/mol. The fourth-order valence-corrected chi connectivity index (χ4v) is 5.78. The first-order valence-corrected chi connectivity index (χ1v) is 12.0. The number of aryl methyl sites for hydroxylation is 2. The second-order valence-electron chi connectivity index (χ2n) is 9.20. The molecule has 2 aromatic rings. The fourth-order valence-electron chi connectivity index (χ4n) is 5.78. The Balaban J connectivity index is 1.33. The Hall–Kier alpha value is -2.27. The SMILES string of the molecule is C=CNCCc1c(CC)nc(C)n1C1CC2C[C@@H](C1)N2CCCN(C)c1ccccc1. The number of piperidine rings is 1. The van der Waals surface area contributed by atoms with E-state index in [0.717, 1.165) is 38.0 Å². The molecule has 2 aliphatic heterocycles. The summed E-state index contributed by atoms with van der Waals surface area (Å²) in [6, 6.07) is 12.8. The van der Waals surface area contributed by atoms with Gasteiger partial charge in [0.25, 0.3) is 0 Å². The zero-order chi connectivity index (χ0) is 21.8. The number of hydrogen-bond acceptors (Lipinski definition) is 4. The molecule has 2 saturated heterocycles. The lowest BCUT2D eigenvalue weighted by atomic mass is 9.76. The van der Waals surface area contributed by atoms with E-state index >= 15 is 0 Å². The molecule has 0 amide bonds. The summed E-state index contributed by atoms with van der Waals surface area (Å²) >= 11 is 0. The average Bonchev–Trinajstić information content (AvgIpc) is 3.12. The lowest BCUT2D eigenvalue weighted by molar-refractivity contribution is -0.0488. The molecule has 168 valence electrons. The lowest BCUT2D eigenvalue weighted by Gasteiger charge is -2.56. The van der Waals surface area contributed by atoms with Crippen molar-refractivity contribution in [2.75, 3.05) is 31.6 Å². The summed E-state index contributed by atoms with van der Waals surface area (Å²) in [5.41, 5.74) is 4.03. The quantitative estimate of drug-likeness (QED) is 0.548. The van der Waals surface area contributed by atoms with Crippen molar-refractivity contribution in [3.63, 3.8) is 0 Å². The Morgan fingerprint density at radius 2 is 1.87 bits per heavy atom. The normalized spacial score (nSPS) is 22.7. The molecule has 5 nitrogen and oxygen atoms in total. The van der Waals surface area contributed by atoms with Crippen molar-refractivity contribution in [3.8, 4) is 0 Å². The molecule has 1 saturated carbocycles. The number of nitrogens with zero attached hydrogens (tertiary/aromatic N) is 4. The maximum Gasteiger partial charge on any atom is 0.106 e. The van der Waals surface area contributed by atoms with Gasteiger partial charge in [-0.25, -0.2) is 4.98 Å². The molecule has 5 rings (SSSR count). The van der Waals surface area contributed by atoms with Gasteiger partial charge in [0.1, 0.15) is 5.82 Å². The maximum absolute atomic E-state index is 4.93. The van der Waals surface area contributed by atoms with E-state index in [1.807, 2.05) is 0 Å². The van der Waals surface area contributed by atoms with E-state index in [1.165, 1.54) is 55.1 Å². The molecule has 1 N–H and O–H groups in total. The Bertz CT molecular complexity index is 846. The van der Waals surface area contributed by atoms with Gasteiger partial charge in [-0.3, -0.25) is 4.90 Å². The summed E-state index contributed by atoms with van der Waals surface area (Å²) in [4.78, 5) is 10.1. The number of imidazole rings is 1. The number of benzene rings is 1. The summed E-state index contributed by atoms with van der Waals surface area (Å²) in [7, 11) is 2.21. The summed E-state index contributed by atoms with van der Waals surface area (Å²) in [5.74, 6) is 1.20. The predicted molar refractivity (Wildman–Crippen MR) is 130 cm³/mol. The lowest BCUT2D eigenvalue weighted by Crippen LogP contribution is -2.61. The van der Waals surface area contributed by atoms with Crippen molar-refractivity contribution < 1.29 is 0 Å². The number of aromatic nitrogens is 2. The van der Waals surface area contributed by atoms with Gasteiger partial charge in [-0.1, -0.05) is 31.7 Å². The van der Waals surface area contributed by atoms with Crippen LogP contribution in [0.5, 0.6) is 0 Å². The van der Waals surface area contributed by atoms with Crippen molar-refractivity contribution in [2.45, 2.75) is 70.5 Å². The summed E-state index contributed by atoms with van der Waals surface area (Å²) in [5, 5.41) is 3.27. The molecule has 3 heterocycles. The van der Waals surface area contributed by atoms with Crippen LogP contribution in [-0.4, -0.2) is 53.2 Å². The molecule has 3 fully saturated rings. The van der Waals surface area contributed by atoms with Gasteiger partial charge in [0.05, 0.1) is 5.69 Å². The highest BCUT2D eigenvalue weighted by atomic mass is 15.3. The monoisotopic (exact) mass is 421 g/mol. The first kappa shape index (κ1) is 21.9. The molecule has 2 bridgehead atoms. The summed E-state index contributed by atoms with van der Waals surface area (Å²) < 4.78 is 2.59. The second kappa shape index (κ2) is 9.90. The molecule has 1 aromatic heterocycles. The van der Waals surface area contributed by atoms with Gasteiger partial charge >= 0.3 is 0 Å². The van der Waals surface area contributed by atoms with Crippen molar-refractivity contribution in [1.29, 1.82) is 0 Å². The number of rotatable bonds is 11. The standard InChI is InChI=1S/C26H39N5/c1-5-25-26(13-14-27-6-2)31(20(3)28-25)24-18-22-17-23(19-24)30(22)16-10-15-29(4)21-11-8-7-9-12-21/h6-9,11-12,22-24,27H,2,5,10,13-19H2,1,3-4H3/t22-,23?,24?/m0/s1. The van der Waals surface area contributed by atoms with Gasteiger partial charge in [-0.2, -0.15) is 0 Å². The van der Waals surface area contributed by atoms with E-state index < -0.39 is 0 Å². The van der Waals surface area contributed by atoms with Gasteiger partial charge in [-0.05, 0) is 57.4 Å². The topological polar surface area (TPSA) is 36.3 Å². The molecule has 1 aromatic carbocycles. The minimum atomic E-state index is 0.610. The van der Waals surface area contributed by atoms with E-state index in [-0.39, 0.29) is 0 Å². The van der Waals surface area contributed by atoms with Gasteiger partial charge in [0, 0.05) is 62.6 Å². The number of para-hydroxylation sites is 1. The van der Waals surface area contributed by atoms with E-state index in [1.54, 1.807) is 6.20 Å². The summed E-state index contributed by atoms with van der Waals surface area (Å²) in [6.45, 7) is 11.5. The third kappa shape index (κ3) is 4.67. The Morgan fingerprint density at radius 1 is 1.16 bits per heavy atom. The number of nitrogens with one attached hydrogen (secondary N) is 1. The maximum atomic E-state index is 4.93. The van der Waals surface area contributed by atoms with Crippen molar-refractivity contribution in [3.05, 3.63) is 60.3 Å². The van der Waals surface area contributed by atoms with E-state index in [2.05, 4.69) is 77.5 Å². The second-order valence-corrected chi connectivity index (χ2v) is 9.20. The minimum absolute atomic E-state index is 0.610. The highest BCUT2D eigenvalue weighted by molar-refractivity contribution is 5.44. The molecular formula is C26H39N5. The van der Waals surface area contributed by atoms with E-state index in [0.29, 0.717) is 6.04 Å². The third-order valence-corrected chi connectivity index (χ3v) is 7.30. The van der Waals surface area contributed by atoms with Crippen LogP contribution in [0.3, 0.4) is 0 Å². The molecule has 0 radical (unpaired) electrons. The van der Waals surface area contributed by atoms with Crippen LogP contribution in [0.4, 0.5) is 5.69 Å². The van der Waals surface area contributed by atoms with Crippen LogP contribution in [0.1, 0.15) is 55.9 Å². The van der Waals surface area contributed by atoms with Crippen LogP contribution >= 0.6 is 0 Å². The van der Waals surface area contributed by atoms with Crippen molar-refractivity contribution in [1.82, 2.24) is 19.8 Å². The fraction of sp³-hybridized carbons (Fsp3) is 0.577. The zero-order valence-electron chi connectivity index (χ0n) is 19.6. The van der Waals surface area contributed by atoms with E-state index in [9.17, 15) is 0 Å². The van der Waals surface area contributed by atoms with Crippen molar-refractivity contribution in [2.24, 2.45) is 0 Å². The minimum Gasteiger partial charge on any atom is -0.391 e. The van der Waals surface area contributed by atoms with Crippen LogP contribution in [-0.2, 0) is 12.8 Å². The smallest absolute Gasteiger partial charge is 0.106 e. The van der Waals surface area contributed by atoms with E-state index in [4.69, 9.17) is 4.98 Å². The highest BCUT2D eigenvalue weighted by Crippen LogP contribution is 2.44. The summed E-state index contributed by atoms with van der Waals surface area (Å²) in [6.07, 6.45) is 8.98. The highest BCUT2D eigenvalue weighted by Gasteiger charge is 2.45. The van der Waals surface area contributed by atoms with Crippen LogP contribution in [0.25, 0.3) is 0 Å². The molecular weight excluding hydrogens is 382 g/mol. The molecule has 1 aliphatic carbocycles. The van der Waals surface area contributed by atoms with Crippen LogP contribution < -0.4 is 10.2 Å². The molecule has 3 atom stereocenters.